The zero-order chi connectivity index (χ0) is 18.7. The van der Waals surface area contributed by atoms with Crippen molar-refractivity contribution >= 4 is 17.5 Å². The van der Waals surface area contributed by atoms with Gasteiger partial charge in [-0.25, -0.2) is 4.39 Å². The first-order valence-corrected chi connectivity index (χ1v) is 7.80. The molecule has 2 aromatic carbocycles. The Hall–Kier alpha value is -3.48. The number of hydrogen-bond donors (Lipinski definition) is 1. The minimum Gasteiger partial charge on any atom is -0.350 e. The highest BCUT2D eigenvalue weighted by Gasteiger charge is 2.16. The fourth-order valence-electron chi connectivity index (χ4n) is 2.35. The van der Waals surface area contributed by atoms with Gasteiger partial charge in [0.2, 0.25) is 5.76 Å². The van der Waals surface area contributed by atoms with E-state index in [0.717, 1.165) is 0 Å². The van der Waals surface area contributed by atoms with Crippen LogP contribution in [0.1, 0.15) is 20.9 Å². The van der Waals surface area contributed by atoms with Crippen LogP contribution in [0.25, 0.3) is 11.3 Å². The number of nitrogens with one attached hydrogen (secondary N) is 1. The normalized spacial score (nSPS) is 10.4. The molecule has 3 aromatic rings. The molecular formula is C19H16FN3O3. The van der Waals surface area contributed by atoms with Gasteiger partial charge in [0.25, 0.3) is 11.8 Å². The smallest absolute Gasteiger partial charge is 0.294 e. The number of anilines is 1. The molecule has 1 N–H and O–H groups in total. The van der Waals surface area contributed by atoms with E-state index in [9.17, 15) is 14.0 Å². The summed E-state index contributed by atoms with van der Waals surface area (Å²) in [7, 11) is 3.30. The summed E-state index contributed by atoms with van der Waals surface area (Å²) in [6, 6.07) is 13.8. The zero-order valence-corrected chi connectivity index (χ0v) is 14.2. The molecule has 0 saturated carbocycles. The van der Waals surface area contributed by atoms with E-state index in [-0.39, 0.29) is 11.7 Å². The van der Waals surface area contributed by atoms with Gasteiger partial charge in [0.05, 0.1) is 0 Å². The lowest BCUT2D eigenvalue weighted by Gasteiger charge is -2.11. The van der Waals surface area contributed by atoms with Crippen molar-refractivity contribution in [1.82, 2.24) is 10.1 Å². The first-order valence-electron chi connectivity index (χ1n) is 7.80. The van der Waals surface area contributed by atoms with Crippen LogP contribution in [0.15, 0.2) is 59.1 Å². The van der Waals surface area contributed by atoms with Crippen LogP contribution in [-0.2, 0) is 0 Å². The average Bonchev–Trinajstić information content (AvgIpc) is 3.11. The average molecular weight is 353 g/mol. The maximum Gasteiger partial charge on any atom is 0.294 e. The number of carbonyl (C=O) groups excluding carboxylic acids is 2. The van der Waals surface area contributed by atoms with Gasteiger partial charge in [-0.15, -0.1) is 0 Å². The molecule has 0 bridgehead atoms. The highest BCUT2D eigenvalue weighted by molar-refractivity contribution is 6.03. The fourth-order valence-corrected chi connectivity index (χ4v) is 2.35. The molecule has 0 aliphatic rings. The van der Waals surface area contributed by atoms with Crippen molar-refractivity contribution in [2.24, 2.45) is 0 Å². The Labute approximate surface area is 149 Å². The number of rotatable bonds is 4. The third-order valence-electron chi connectivity index (χ3n) is 3.63. The molecule has 0 aliphatic carbocycles. The van der Waals surface area contributed by atoms with Gasteiger partial charge in [-0.1, -0.05) is 23.4 Å². The van der Waals surface area contributed by atoms with Crippen molar-refractivity contribution in [3.8, 4) is 11.3 Å². The molecule has 0 radical (unpaired) electrons. The van der Waals surface area contributed by atoms with Crippen LogP contribution >= 0.6 is 0 Å². The van der Waals surface area contributed by atoms with Crippen molar-refractivity contribution in [3.05, 3.63) is 71.7 Å². The number of benzene rings is 2. The molecule has 7 heteroatoms. The van der Waals surface area contributed by atoms with Crippen LogP contribution in [0.5, 0.6) is 0 Å². The van der Waals surface area contributed by atoms with Gasteiger partial charge >= 0.3 is 0 Å². The van der Waals surface area contributed by atoms with Crippen LogP contribution in [0.4, 0.5) is 10.1 Å². The topological polar surface area (TPSA) is 75.4 Å². The monoisotopic (exact) mass is 353 g/mol. The van der Waals surface area contributed by atoms with E-state index in [1.54, 1.807) is 50.5 Å². The van der Waals surface area contributed by atoms with Gasteiger partial charge in [0.1, 0.15) is 11.5 Å². The fraction of sp³-hybridized carbons (Fsp3) is 0.105. The largest absolute Gasteiger partial charge is 0.350 e. The molecule has 6 nitrogen and oxygen atoms in total. The van der Waals surface area contributed by atoms with Crippen LogP contribution < -0.4 is 5.32 Å². The Morgan fingerprint density at radius 2 is 1.85 bits per heavy atom. The number of carbonyl (C=O) groups is 2. The summed E-state index contributed by atoms with van der Waals surface area (Å²) in [4.78, 5) is 25.8. The highest BCUT2D eigenvalue weighted by Crippen LogP contribution is 2.21. The molecule has 0 spiro atoms. The second kappa shape index (κ2) is 7.18. The second-order valence-electron chi connectivity index (χ2n) is 5.82. The Morgan fingerprint density at radius 3 is 2.58 bits per heavy atom. The number of amides is 2. The maximum atomic E-state index is 13.3. The van der Waals surface area contributed by atoms with E-state index < -0.39 is 11.7 Å². The van der Waals surface area contributed by atoms with Crippen LogP contribution in [0, 0.1) is 5.82 Å². The molecule has 1 aromatic heterocycles. The molecule has 132 valence electrons. The number of nitrogens with zero attached hydrogens (tertiary/aromatic N) is 2. The van der Waals surface area contributed by atoms with E-state index in [0.29, 0.717) is 22.5 Å². The van der Waals surface area contributed by atoms with E-state index in [4.69, 9.17) is 4.52 Å². The number of hydrogen-bond acceptors (Lipinski definition) is 4. The van der Waals surface area contributed by atoms with Gasteiger partial charge in [-0.2, -0.15) is 0 Å². The van der Waals surface area contributed by atoms with Crippen LogP contribution in [0.2, 0.25) is 0 Å². The van der Waals surface area contributed by atoms with Gasteiger partial charge in [-0.3, -0.25) is 9.59 Å². The van der Waals surface area contributed by atoms with Gasteiger partial charge < -0.3 is 14.7 Å². The predicted molar refractivity (Wildman–Crippen MR) is 94.3 cm³/mol. The molecule has 0 aliphatic heterocycles. The SMILES string of the molecule is CN(C)C(=O)c1cccc(NC(=O)c2cc(-c3cccc(F)c3)no2)c1. The summed E-state index contributed by atoms with van der Waals surface area (Å²) in [5.41, 5.74) is 1.76. The Morgan fingerprint density at radius 1 is 1.08 bits per heavy atom. The van der Waals surface area contributed by atoms with E-state index in [1.165, 1.54) is 23.1 Å². The Balaban J connectivity index is 1.77. The van der Waals surface area contributed by atoms with Crippen LogP contribution in [-0.4, -0.2) is 36.0 Å². The molecule has 0 fully saturated rings. The maximum absolute atomic E-state index is 13.3. The minimum absolute atomic E-state index is 0.0198. The van der Waals surface area contributed by atoms with Gasteiger partial charge in [-0.05, 0) is 30.3 Å². The summed E-state index contributed by atoms with van der Waals surface area (Å²) >= 11 is 0. The highest BCUT2D eigenvalue weighted by atomic mass is 19.1. The van der Waals surface area contributed by atoms with Crippen molar-refractivity contribution in [3.63, 3.8) is 0 Å². The summed E-state index contributed by atoms with van der Waals surface area (Å²) in [6.45, 7) is 0. The standard InChI is InChI=1S/C19H16FN3O3/c1-23(2)19(25)13-6-4-8-15(10-13)21-18(24)17-11-16(22-26-17)12-5-3-7-14(20)9-12/h3-11H,1-2H3,(H,21,24). The Bertz CT molecular complexity index is 966. The lowest BCUT2D eigenvalue weighted by atomic mass is 10.1. The zero-order valence-electron chi connectivity index (χ0n) is 14.2. The lowest BCUT2D eigenvalue weighted by Crippen LogP contribution is -2.21. The van der Waals surface area contributed by atoms with Gasteiger partial charge in [0, 0.05) is 37.0 Å². The molecular weight excluding hydrogens is 337 g/mol. The summed E-state index contributed by atoms with van der Waals surface area (Å²) < 4.78 is 18.3. The first-order chi connectivity index (χ1) is 12.4. The van der Waals surface area contributed by atoms with Crippen LogP contribution in [0.3, 0.4) is 0 Å². The predicted octanol–water partition coefficient (Wildman–Crippen LogP) is 3.43. The van der Waals surface area contributed by atoms with Crippen molar-refractivity contribution in [2.45, 2.75) is 0 Å². The summed E-state index contributed by atoms with van der Waals surface area (Å²) in [5, 5.41) is 6.45. The molecule has 26 heavy (non-hydrogen) atoms. The van der Waals surface area contributed by atoms with Crippen molar-refractivity contribution < 1.29 is 18.5 Å². The van der Waals surface area contributed by atoms with E-state index in [1.807, 2.05) is 0 Å². The quantitative estimate of drug-likeness (QED) is 0.780. The summed E-state index contributed by atoms with van der Waals surface area (Å²) in [6.07, 6.45) is 0. The molecule has 0 atom stereocenters. The lowest BCUT2D eigenvalue weighted by molar-refractivity contribution is 0.0827. The molecule has 1 heterocycles. The van der Waals surface area contributed by atoms with E-state index in [2.05, 4.69) is 10.5 Å². The first kappa shape index (κ1) is 17.3. The van der Waals surface area contributed by atoms with Crippen molar-refractivity contribution in [1.29, 1.82) is 0 Å². The number of aromatic nitrogens is 1. The minimum atomic E-state index is -0.519. The summed E-state index contributed by atoms with van der Waals surface area (Å²) in [5.74, 6) is -1.11. The Kier molecular flexibility index (Phi) is 4.79. The molecule has 0 saturated heterocycles. The van der Waals surface area contributed by atoms with E-state index >= 15 is 0 Å². The molecule has 0 unspecified atom stereocenters. The van der Waals surface area contributed by atoms with Crippen molar-refractivity contribution in [2.75, 3.05) is 19.4 Å². The molecule has 3 rings (SSSR count). The third-order valence-corrected chi connectivity index (χ3v) is 3.63. The second-order valence-corrected chi connectivity index (χ2v) is 5.82. The van der Waals surface area contributed by atoms with Gasteiger partial charge in [0.15, 0.2) is 0 Å². The third kappa shape index (κ3) is 3.77. The molecule has 2 amide bonds. The number of halogens is 1.